The molecule has 100 valence electrons. The van der Waals surface area contributed by atoms with Crippen molar-refractivity contribution in [2.45, 2.75) is 31.3 Å². The fourth-order valence-electron chi connectivity index (χ4n) is 1.47. The third kappa shape index (κ3) is 3.99. The van der Waals surface area contributed by atoms with Crippen molar-refractivity contribution in [2.24, 2.45) is 0 Å². The highest BCUT2D eigenvalue weighted by atomic mass is 32.2. The lowest BCUT2D eigenvalue weighted by atomic mass is 10.1. The molecule has 0 aliphatic heterocycles. The van der Waals surface area contributed by atoms with Gasteiger partial charge in [0.05, 0.1) is 19.6 Å². The molecule has 0 radical (unpaired) electrons. The van der Waals surface area contributed by atoms with Crippen LogP contribution in [0.4, 0.5) is 4.39 Å². The number of methoxy groups -OCH3 is 1. The highest BCUT2D eigenvalue weighted by molar-refractivity contribution is 7.99. The van der Waals surface area contributed by atoms with E-state index in [1.54, 1.807) is 19.9 Å². The number of benzene rings is 1. The van der Waals surface area contributed by atoms with Crippen molar-refractivity contribution < 1.29 is 19.0 Å². The van der Waals surface area contributed by atoms with E-state index >= 15 is 0 Å². The summed E-state index contributed by atoms with van der Waals surface area (Å²) in [5, 5.41) is 9.60. The van der Waals surface area contributed by atoms with Crippen LogP contribution in [0.15, 0.2) is 17.0 Å². The summed E-state index contributed by atoms with van der Waals surface area (Å²) < 4.78 is 18.0. The van der Waals surface area contributed by atoms with Gasteiger partial charge in [-0.1, -0.05) is 0 Å². The summed E-state index contributed by atoms with van der Waals surface area (Å²) in [6.07, 6.45) is -0.447. The summed E-state index contributed by atoms with van der Waals surface area (Å²) in [5.41, 5.74) is 1.08. The Labute approximate surface area is 110 Å². The second kappa shape index (κ2) is 6.75. The summed E-state index contributed by atoms with van der Waals surface area (Å²) in [7, 11) is 1.34. The maximum atomic E-state index is 13.4. The van der Waals surface area contributed by atoms with Crippen LogP contribution in [0.5, 0.6) is 0 Å². The Morgan fingerprint density at radius 2 is 2.22 bits per heavy atom. The second-order valence-electron chi connectivity index (χ2n) is 3.99. The molecule has 0 aliphatic carbocycles. The van der Waals surface area contributed by atoms with Gasteiger partial charge in [0.1, 0.15) is 5.82 Å². The summed E-state index contributed by atoms with van der Waals surface area (Å²) in [6, 6.07) is 3.04. The first kappa shape index (κ1) is 15.0. The van der Waals surface area contributed by atoms with Gasteiger partial charge in [-0.2, -0.15) is 0 Å². The molecule has 1 N–H and O–H groups in total. The van der Waals surface area contributed by atoms with Crippen molar-refractivity contribution in [2.75, 3.05) is 12.9 Å². The molecule has 1 atom stereocenters. The van der Waals surface area contributed by atoms with E-state index in [0.717, 1.165) is 4.90 Å². The molecular formula is C13H17FO3S. The molecule has 0 saturated heterocycles. The molecule has 1 aromatic rings. The van der Waals surface area contributed by atoms with Gasteiger partial charge in [-0.15, -0.1) is 11.8 Å². The van der Waals surface area contributed by atoms with Crippen molar-refractivity contribution in [3.8, 4) is 0 Å². The molecule has 0 saturated carbocycles. The molecular weight excluding hydrogens is 255 g/mol. The molecule has 0 fully saturated rings. The van der Waals surface area contributed by atoms with E-state index in [9.17, 15) is 14.3 Å². The van der Waals surface area contributed by atoms with E-state index in [1.807, 2.05) is 0 Å². The van der Waals surface area contributed by atoms with Crippen LogP contribution in [-0.4, -0.2) is 23.9 Å². The molecule has 0 bridgehead atoms. The van der Waals surface area contributed by atoms with Crippen molar-refractivity contribution in [3.05, 3.63) is 29.1 Å². The van der Waals surface area contributed by atoms with Crippen LogP contribution in [0, 0.1) is 12.7 Å². The number of aliphatic hydroxyl groups is 1. The SMILES string of the molecule is COC(=O)CCSc1cc(C)c(F)cc1[C@H](C)O. The highest BCUT2D eigenvalue weighted by Gasteiger charge is 2.12. The lowest BCUT2D eigenvalue weighted by Gasteiger charge is -2.13. The Morgan fingerprint density at radius 1 is 1.56 bits per heavy atom. The molecule has 18 heavy (non-hydrogen) atoms. The Bertz CT molecular complexity index is 432. The molecule has 0 aromatic heterocycles. The Balaban J connectivity index is 2.80. The van der Waals surface area contributed by atoms with Gasteiger partial charge in [-0.05, 0) is 37.1 Å². The van der Waals surface area contributed by atoms with Crippen molar-refractivity contribution >= 4 is 17.7 Å². The van der Waals surface area contributed by atoms with Crippen LogP contribution in [0.25, 0.3) is 0 Å². The van der Waals surface area contributed by atoms with Gasteiger partial charge in [-0.3, -0.25) is 4.79 Å². The first-order valence-electron chi connectivity index (χ1n) is 5.63. The Kier molecular flexibility index (Phi) is 5.62. The predicted molar refractivity (Wildman–Crippen MR) is 69.1 cm³/mol. The van der Waals surface area contributed by atoms with E-state index in [0.29, 0.717) is 16.9 Å². The minimum absolute atomic E-state index is 0.278. The first-order valence-corrected chi connectivity index (χ1v) is 6.62. The fraction of sp³-hybridized carbons (Fsp3) is 0.462. The molecule has 3 nitrogen and oxygen atoms in total. The largest absolute Gasteiger partial charge is 0.469 e. The zero-order valence-electron chi connectivity index (χ0n) is 10.7. The average Bonchev–Trinajstić information content (AvgIpc) is 2.32. The number of hydrogen-bond donors (Lipinski definition) is 1. The van der Waals surface area contributed by atoms with Crippen LogP contribution < -0.4 is 0 Å². The zero-order chi connectivity index (χ0) is 13.7. The Hall–Kier alpha value is -1.07. The molecule has 1 rings (SSSR count). The summed E-state index contributed by atoms with van der Waals surface area (Å²) >= 11 is 1.41. The quantitative estimate of drug-likeness (QED) is 0.661. The molecule has 5 heteroatoms. The van der Waals surface area contributed by atoms with Crippen LogP contribution in [-0.2, 0) is 9.53 Å². The maximum Gasteiger partial charge on any atom is 0.306 e. The van der Waals surface area contributed by atoms with Crippen LogP contribution >= 0.6 is 11.8 Å². The van der Waals surface area contributed by atoms with Gasteiger partial charge in [0, 0.05) is 10.6 Å². The van der Waals surface area contributed by atoms with Gasteiger partial charge in [0.15, 0.2) is 0 Å². The summed E-state index contributed by atoms with van der Waals surface area (Å²) in [4.78, 5) is 11.8. The monoisotopic (exact) mass is 272 g/mol. The van der Waals surface area contributed by atoms with E-state index in [1.165, 1.54) is 24.9 Å². The third-order valence-electron chi connectivity index (χ3n) is 2.53. The lowest BCUT2D eigenvalue weighted by molar-refractivity contribution is -0.140. The third-order valence-corrected chi connectivity index (χ3v) is 3.61. The Morgan fingerprint density at radius 3 is 2.78 bits per heavy atom. The number of halogens is 1. The number of aliphatic hydroxyl groups excluding tert-OH is 1. The van der Waals surface area contributed by atoms with Crippen molar-refractivity contribution in [3.63, 3.8) is 0 Å². The van der Waals surface area contributed by atoms with E-state index < -0.39 is 6.10 Å². The number of rotatable bonds is 5. The number of carbonyl (C=O) groups excluding carboxylic acids is 1. The predicted octanol–water partition coefficient (Wildman–Crippen LogP) is 2.84. The van der Waals surface area contributed by atoms with Crippen LogP contribution in [0.2, 0.25) is 0 Å². The number of carbonyl (C=O) groups is 1. The van der Waals surface area contributed by atoms with Gasteiger partial charge < -0.3 is 9.84 Å². The topological polar surface area (TPSA) is 46.5 Å². The van der Waals surface area contributed by atoms with Gasteiger partial charge in [0.25, 0.3) is 0 Å². The zero-order valence-corrected chi connectivity index (χ0v) is 11.5. The normalized spacial score (nSPS) is 12.3. The van der Waals surface area contributed by atoms with Crippen molar-refractivity contribution in [1.82, 2.24) is 0 Å². The maximum absolute atomic E-state index is 13.4. The number of esters is 1. The summed E-state index contributed by atoms with van der Waals surface area (Å²) in [6.45, 7) is 3.26. The number of hydrogen-bond acceptors (Lipinski definition) is 4. The lowest BCUT2D eigenvalue weighted by Crippen LogP contribution is -2.02. The molecule has 0 aliphatic rings. The summed E-state index contributed by atoms with van der Waals surface area (Å²) in [5.74, 6) is -0.0690. The fourth-order valence-corrected chi connectivity index (χ4v) is 2.61. The molecule has 0 amide bonds. The second-order valence-corrected chi connectivity index (χ2v) is 5.13. The van der Waals surface area contributed by atoms with Gasteiger partial charge in [-0.25, -0.2) is 4.39 Å². The molecule has 0 heterocycles. The standard InChI is InChI=1S/C13H17FO3S/c1-8-6-12(18-5-4-13(16)17-3)10(9(2)15)7-11(8)14/h6-7,9,15H,4-5H2,1-3H3/t9-/m0/s1. The molecule has 0 spiro atoms. The minimum Gasteiger partial charge on any atom is -0.469 e. The molecule has 1 aromatic carbocycles. The van der Waals surface area contributed by atoms with Crippen LogP contribution in [0.1, 0.15) is 30.6 Å². The van der Waals surface area contributed by atoms with E-state index in [2.05, 4.69) is 4.74 Å². The van der Waals surface area contributed by atoms with Gasteiger partial charge in [0.2, 0.25) is 0 Å². The smallest absolute Gasteiger partial charge is 0.306 e. The van der Waals surface area contributed by atoms with Gasteiger partial charge >= 0.3 is 5.97 Å². The average molecular weight is 272 g/mol. The number of ether oxygens (including phenoxy) is 1. The highest BCUT2D eigenvalue weighted by Crippen LogP contribution is 2.30. The number of thioether (sulfide) groups is 1. The molecule has 0 unspecified atom stereocenters. The van der Waals surface area contributed by atoms with Crippen molar-refractivity contribution in [1.29, 1.82) is 0 Å². The first-order chi connectivity index (χ1) is 8.45. The van der Waals surface area contributed by atoms with Crippen LogP contribution in [0.3, 0.4) is 0 Å². The van der Waals surface area contributed by atoms with E-state index in [-0.39, 0.29) is 18.2 Å². The minimum atomic E-state index is -0.735. The number of aryl methyl sites for hydroxylation is 1. The van der Waals surface area contributed by atoms with E-state index in [4.69, 9.17) is 0 Å².